The molecule has 4 N–H and O–H groups in total. The van der Waals surface area contributed by atoms with Crippen LogP contribution in [0.2, 0.25) is 0 Å². The first-order valence-corrected chi connectivity index (χ1v) is 5.85. The third-order valence-electron chi connectivity index (χ3n) is 3.21. The van der Waals surface area contributed by atoms with Crippen LogP contribution in [-0.4, -0.2) is 34.3 Å². The van der Waals surface area contributed by atoms with Crippen LogP contribution in [0.1, 0.15) is 19.0 Å². The first kappa shape index (κ1) is 12.1. The Bertz CT molecular complexity index is 397. The van der Waals surface area contributed by atoms with Gasteiger partial charge in [-0.15, -0.1) is 0 Å². The molecule has 17 heavy (non-hydrogen) atoms. The normalized spacial score (nSPS) is 24.8. The number of piperidine rings is 1. The number of hydrogen-bond acceptors (Lipinski definition) is 6. The number of nitrogens with one attached hydrogen (secondary N) is 1. The second-order valence-electron chi connectivity index (χ2n) is 4.61. The molecule has 2 rings (SSSR count). The molecule has 1 aromatic heterocycles. The first-order valence-electron chi connectivity index (χ1n) is 5.85. The van der Waals surface area contributed by atoms with Gasteiger partial charge >= 0.3 is 0 Å². The van der Waals surface area contributed by atoms with Crippen LogP contribution < -0.4 is 16.2 Å². The number of hydrazine groups is 1. The van der Waals surface area contributed by atoms with Crippen molar-refractivity contribution in [3.8, 4) is 0 Å². The van der Waals surface area contributed by atoms with Gasteiger partial charge in [0, 0.05) is 24.8 Å². The lowest BCUT2D eigenvalue weighted by molar-refractivity contribution is 0.102. The number of anilines is 2. The number of aliphatic hydroxyl groups excluding tert-OH is 1. The lowest BCUT2D eigenvalue weighted by Crippen LogP contribution is -2.43. The van der Waals surface area contributed by atoms with Gasteiger partial charge in [-0.2, -0.15) is 4.98 Å². The predicted molar refractivity (Wildman–Crippen MR) is 66.6 cm³/mol. The summed E-state index contributed by atoms with van der Waals surface area (Å²) in [4.78, 5) is 10.5. The molecule has 2 heterocycles. The number of rotatable bonds is 2. The maximum Gasteiger partial charge on any atom is 0.239 e. The van der Waals surface area contributed by atoms with Gasteiger partial charge in [0.2, 0.25) is 5.95 Å². The number of aliphatic hydroxyl groups is 1. The minimum atomic E-state index is -0.298. The van der Waals surface area contributed by atoms with Crippen molar-refractivity contribution in [2.75, 3.05) is 23.4 Å². The van der Waals surface area contributed by atoms with Crippen molar-refractivity contribution >= 4 is 11.8 Å². The Balaban J connectivity index is 2.19. The molecule has 0 bridgehead atoms. The fourth-order valence-corrected chi connectivity index (χ4v) is 2.04. The average Bonchev–Trinajstić information content (AvgIpc) is 2.32. The van der Waals surface area contributed by atoms with E-state index in [1.165, 1.54) is 0 Å². The van der Waals surface area contributed by atoms with Crippen molar-refractivity contribution in [2.24, 2.45) is 11.8 Å². The van der Waals surface area contributed by atoms with E-state index in [1.54, 1.807) is 0 Å². The van der Waals surface area contributed by atoms with Gasteiger partial charge in [0.15, 0.2) is 0 Å². The number of nitrogen functional groups attached to an aromatic ring is 1. The van der Waals surface area contributed by atoms with Gasteiger partial charge in [0.25, 0.3) is 0 Å². The van der Waals surface area contributed by atoms with Gasteiger partial charge in [0.1, 0.15) is 5.82 Å². The van der Waals surface area contributed by atoms with Gasteiger partial charge in [0.05, 0.1) is 6.10 Å². The van der Waals surface area contributed by atoms with E-state index < -0.39 is 0 Å². The van der Waals surface area contributed by atoms with Gasteiger partial charge in [-0.1, -0.05) is 6.92 Å². The van der Waals surface area contributed by atoms with Crippen molar-refractivity contribution in [3.05, 3.63) is 11.8 Å². The molecule has 1 aromatic rings. The van der Waals surface area contributed by atoms with Crippen molar-refractivity contribution in [2.45, 2.75) is 26.4 Å². The van der Waals surface area contributed by atoms with Crippen LogP contribution in [0, 0.1) is 12.8 Å². The van der Waals surface area contributed by atoms with Crippen LogP contribution in [0.4, 0.5) is 11.8 Å². The van der Waals surface area contributed by atoms with Crippen LogP contribution in [0.3, 0.4) is 0 Å². The first-order chi connectivity index (χ1) is 8.10. The molecule has 94 valence electrons. The molecule has 0 aromatic carbocycles. The Labute approximate surface area is 101 Å². The van der Waals surface area contributed by atoms with E-state index in [0.29, 0.717) is 18.4 Å². The average molecular weight is 237 g/mol. The number of hydrogen-bond donors (Lipinski definition) is 3. The lowest BCUT2D eigenvalue weighted by atomic mass is 9.96. The molecule has 6 heteroatoms. The monoisotopic (exact) mass is 237 g/mol. The third kappa shape index (κ3) is 2.65. The molecule has 1 saturated heterocycles. The number of aryl methyl sites for hydroxylation is 1. The highest BCUT2D eigenvalue weighted by atomic mass is 16.3. The Kier molecular flexibility index (Phi) is 3.44. The second-order valence-corrected chi connectivity index (χ2v) is 4.61. The molecule has 0 aliphatic carbocycles. The summed E-state index contributed by atoms with van der Waals surface area (Å²) in [6, 6.07) is 1.91. The molecule has 1 aliphatic heterocycles. The van der Waals surface area contributed by atoms with E-state index >= 15 is 0 Å². The van der Waals surface area contributed by atoms with E-state index in [9.17, 15) is 5.11 Å². The minimum Gasteiger partial charge on any atom is -0.391 e. The van der Waals surface area contributed by atoms with Crippen molar-refractivity contribution < 1.29 is 5.11 Å². The van der Waals surface area contributed by atoms with Gasteiger partial charge in [-0.05, 0) is 19.3 Å². The quantitative estimate of drug-likeness (QED) is 0.506. The SMILES string of the molecule is Cc1cc(N2CCC(C)C(O)C2)nc(NN)n1. The summed E-state index contributed by atoms with van der Waals surface area (Å²) >= 11 is 0. The molecule has 2 atom stereocenters. The number of β-amino-alcohol motifs (C(OH)–C–C–N with tert-alkyl or cyclic N) is 1. The Morgan fingerprint density at radius 3 is 2.94 bits per heavy atom. The largest absolute Gasteiger partial charge is 0.391 e. The maximum absolute atomic E-state index is 9.88. The molecule has 1 fully saturated rings. The zero-order valence-electron chi connectivity index (χ0n) is 10.2. The van der Waals surface area contributed by atoms with E-state index in [-0.39, 0.29) is 6.10 Å². The van der Waals surface area contributed by atoms with Crippen LogP contribution in [0.15, 0.2) is 6.07 Å². The second kappa shape index (κ2) is 4.85. The number of aromatic nitrogens is 2. The Morgan fingerprint density at radius 1 is 1.53 bits per heavy atom. The molecule has 6 nitrogen and oxygen atoms in total. The van der Waals surface area contributed by atoms with E-state index in [2.05, 4.69) is 27.2 Å². The van der Waals surface area contributed by atoms with Crippen LogP contribution in [0.5, 0.6) is 0 Å². The zero-order chi connectivity index (χ0) is 12.4. The van der Waals surface area contributed by atoms with Gasteiger partial charge < -0.3 is 10.0 Å². The zero-order valence-corrected chi connectivity index (χ0v) is 10.2. The molecule has 2 unspecified atom stereocenters. The molecular weight excluding hydrogens is 218 g/mol. The standard InChI is InChI=1S/C11H19N5O/c1-7-3-4-16(6-9(7)17)10-5-8(2)13-11(14-10)15-12/h5,7,9,17H,3-4,6,12H2,1-2H3,(H,13,14,15). The molecular formula is C11H19N5O. The van der Waals surface area contributed by atoms with E-state index in [0.717, 1.165) is 24.5 Å². The number of nitrogens with zero attached hydrogens (tertiary/aromatic N) is 3. The van der Waals surface area contributed by atoms with Crippen LogP contribution >= 0.6 is 0 Å². The van der Waals surface area contributed by atoms with Crippen LogP contribution in [-0.2, 0) is 0 Å². The number of nitrogens with two attached hydrogens (primary N) is 1. The summed E-state index contributed by atoms with van der Waals surface area (Å²) in [7, 11) is 0. The topological polar surface area (TPSA) is 87.3 Å². The summed E-state index contributed by atoms with van der Waals surface area (Å²) in [5.74, 6) is 6.90. The molecule has 0 amide bonds. The highest BCUT2D eigenvalue weighted by Gasteiger charge is 2.25. The fourth-order valence-electron chi connectivity index (χ4n) is 2.04. The van der Waals surface area contributed by atoms with E-state index in [1.807, 2.05) is 13.0 Å². The summed E-state index contributed by atoms with van der Waals surface area (Å²) in [6.07, 6.45) is 0.670. The highest BCUT2D eigenvalue weighted by Crippen LogP contribution is 2.22. The van der Waals surface area contributed by atoms with Crippen molar-refractivity contribution in [3.63, 3.8) is 0 Å². The van der Waals surface area contributed by atoms with Gasteiger partial charge in [-0.3, -0.25) is 5.43 Å². The highest BCUT2D eigenvalue weighted by molar-refractivity contribution is 5.44. The fraction of sp³-hybridized carbons (Fsp3) is 0.636. The summed E-state index contributed by atoms with van der Waals surface area (Å²) in [5, 5.41) is 9.88. The smallest absolute Gasteiger partial charge is 0.239 e. The van der Waals surface area contributed by atoms with E-state index in [4.69, 9.17) is 5.84 Å². The van der Waals surface area contributed by atoms with Crippen molar-refractivity contribution in [1.82, 2.24) is 9.97 Å². The van der Waals surface area contributed by atoms with Crippen LogP contribution in [0.25, 0.3) is 0 Å². The predicted octanol–water partition coefficient (Wildman–Crippen LogP) is 0.278. The maximum atomic E-state index is 9.88. The third-order valence-corrected chi connectivity index (χ3v) is 3.21. The molecule has 0 spiro atoms. The van der Waals surface area contributed by atoms with Crippen molar-refractivity contribution in [1.29, 1.82) is 0 Å². The lowest BCUT2D eigenvalue weighted by Gasteiger charge is -2.35. The summed E-state index contributed by atoms with van der Waals surface area (Å²) in [6.45, 7) is 5.48. The Morgan fingerprint density at radius 2 is 2.29 bits per heavy atom. The Hall–Kier alpha value is -1.40. The summed E-state index contributed by atoms with van der Waals surface area (Å²) < 4.78 is 0. The minimum absolute atomic E-state index is 0.298. The molecule has 0 saturated carbocycles. The summed E-state index contributed by atoms with van der Waals surface area (Å²) in [5.41, 5.74) is 3.31. The molecule has 1 aliphatic rings. The molecule has 0 radical (unpaired) electrons. The van der Waals surface area contributed by atoms with Gasteiger partial charge in [-0.25, -0.2) is 10.8 Å².